The summed E-state index contributed by atoms with van der Waals surface area (Å²) in [5.74, 6) is -1.96. The minimum atomic E-state index is -0.919. The van der Waals surface area contributed by atoms with Crippen LogP contribution in [0.1, 0.15) is 27.7 Å². The predicted octanol–water partition coefficient (Wildman–Crippen LogP) is 0.263. The number of carbonyl (C=O) groups excluding carboxylic acids is 2. The first-order valence-electron chi connectivity index (χ1n) is 6.04. The maximum atomic E-state index is 11.5. The Hall–Kier alpha value is -1.63. The topological polar surface area (TPSA) is 98.7 Å². The third kappa shape index (κ3) is 9.01. The Labute approximate surface area is 113 Å². The van der Waals surface area contributed by atoms with E-state index in [0.717, 1.165) is 0 Å². The van der Waals surface area contributed by atoms with Gasteiger partial charge >= 0.3 is 12.0 Å². The standard InChI is InChI=1S/C12H23N3O4/c1-8(10(17)18)6-15(5)7-9(16)13-11(19)14-12(2,3)4/h8H,6-7H2,1-5H3,(H,17,18)(H2,13,14,16,19). The number of carboxylic acids is 1. The molecule has 1 unspecified atom stereocenters. The van der Waals surface area contributed by atoms with E-state index in [9.17, 15) is 14.4 Å². The fraction of sp³-hybridized carbons (Fsp3) is 0.750. The van der Waals surface area contributed by atoms with E-state index in [-0.39, 0.29) is 13.1 Å². The lowest BCUT2D eigenvalue weighted by Gasteiger charge is -2.21. The van der Waals surface area contributed by atoms with Gasteiger partial charge in [0.25, 0.3) is 0 Å². The van der Waals surface area contributed by atoms with Gasteiger partial charge in [-0.3, -0.25) is 19.8 Å². The van der Waals surface area contributed by atoms with Crippen LogP contribution < -0.4 is 10.6 Å². The van der Waals surface area contributed by atoms with E-state index < -0.39 is 29.4 Å². The number of urea groups is 1. The van der Waals surface area contributed by atoms with E-state index in [1.807, 2.05) is 0 Å². The molecular weight excluding hydrogens is 250 g/mol. The minimum absolute atomic E-state index is 0.0326. The number of rotatable bonds is 5. The summed E-state index contributed by atoms with van der Waals surface area (Å²) in [6, 6.07) is -0.558. The Morgan fingerprint density at radius 1 is 1.26 bits per heavy atom. The lowest BCUT2D eigenvalue weighted by Crippen LogP contribution is -2.50. The Morgan fingerprint density at radius 3 is 2.21 bits per heavy atom. The van der Waals surface area contributed by atoms with Gasteiger partial charge in [0.05, 0.1) is 12.5 Å². The third-order valence-electron chi connectivity index (χ3n) is 2.16. The molecule has 0 saturated carbocycles. The first kappa shape index (κ1) is 17.4. The summed E-state index contributed by atoms with van der Waals surface area (Å²) in [4.78, 5) is 35.2. The van der Waals surface area contributed by atoms with Crippen molar-refractivity contribution in [3.63, 3.8) is 0 Å². The molecule has 0 aliphatic carbocycles. The summed E-state index contributed by atoms with van der Waals surface area (Å²) in [7, 11) is 1.63. The summed E-state index contributed by atoms with van der Waals surface area (Å²) in [5.41, 5.74) is -0.423. The number of nitrogens with zero attached hydrogens (tertiary/aromatic N) is 1. The lowest BCUT2D eigenvalue weighted by atomic mass is 10.1. The SMILES string of the molecule is CC(CN(C)CC(=O)NC(=O)NC(C)(C)C)C(=O)O. The quantitative estimate of drug-likeness (QED) is 0.667. The van der Waals surface area contributed by atoms with Crippen LogP contribution in [0, 0.1) is 5.92 Å². The van der Waals surface area contributed by atoms with Gasteiger partial charge in [-0.05, 0) is 27.8 Å². The highest BCUT2D eigenvalue weighted by atomic mass is 16.4. The molecule has 0 aromatic carbocycles. The van der Waals surface area contributed by atoms with Gasteiger partial charge in [-0.15, -0.1) is 0 Å². The zero-order valence-corrected chi connectivity index (χ0v) is 12.1. The normalized spacial score (nSPS) is 12.9. The smallest absolute Gasteiger partial charge is 0.321 e. The molecule has 19 heavy (non-hydrogen) atoms. The van der Waals surface area contributed by atoms with Crippen LogP contribution in [0.3, 0.4) is 0 Å². The lowest BCUT2D eigenvalue weighted by molar-refractivity contribution is -0.142. The average Bonchev–Trinajstić information content (AvgIpc) is 2.12. The van der Waals surface area contributed by atoms with Crippen molar-refractivity contribution in [2.75, 3.05) is 20.1 Å². The number of nitrogens with one attached hydrogen (secondary N) is 2. The van der Waals surface area contributed by atoms with E-state index >= 15 is 0 Å². The van der Waals surface area contributed by atoms with E-state index in [2.05, 4.69) is 10.6 Å². The fourth-order valence-corrected chi connectivity index (χ4v) is 1.39. The van der Waals surface area contributed by atoms with Crippen molar-refractivity contribution in [2.24, 2.45) is 5.92 Å². The van der Waals surface area contributed by atoms with Crippen molar-refractivity contribution in [3.8, 4) is 0 Å². The molecule has 110 valence electrons. The molecule has 0 aliphatic rings. The number of amides is 3. The van der Waals surface area contributed by atoms with Crippen LogP contribution in [-0.4, -0.2) is 53.6 Å². The second kappa shape index (κ2) is 7.08. The highest BCUT2D eigenvalue weighted by molar-refractivity contribution is 5.95. The van der Waals surface area contributed by atoms with Gasteiger partial charge in [-0.1, -0.05) is 6.92 Å². The van der Waals surface area contributed by atoms with Gasteiger partial charge in [0.2, 0.25) is 5.91 Å². The van der Waals surface area contributed by atoms with Crippen LogP contribution in [0.25, 0.3) is 0 Å². The van der Waals surface area contributed by atoms with Crippen LogP contribution in [-0.2, 0) is 9.59 Å². The van der Waals surface area contributed by atoms with Crippen molar-refractivity contribution in [1.29, 1.82) is 0 Å². The number of carboxylic acid groups (broad SMARTS) is 1. The molecule has 0 aromatic rings. The van der Waals surface area contributed by atoms with E-state index in [1.54, 1.807) is 39.6 Å². The molecule has 3 N–H and O–H groups in total. The molecule has 0 fully saturated rings. The highest BCUT2D eigenvalue weighted by Crippen LogP contribution is 1.99. The van der Waals surface area contributed by atoms with Crippen molar-refractivity contribution in [2.45, 2.75) is 33.2 Å². The number of hydrogen-bond donors (Lipinski definition) is 3. The molecule has 7 nitrogen and oxygen atoms in total. The number of likely N-dealkylation sites (N-methyl/N-ethyl adjacent to an activating group) is 1. The van der Waals surface area contributed by atoms with E-state index in [0.29, 0.717) is 0 Å². The molecule has 1 atom stereocenters. The van der Waals surface area contributed by atoms with Crippen molar-refractivity contribution >= 4 is 17.9 Å². The molecule has 7 heteroatoms. The van der Waals surface area contributed by atoms with Crippen LogP contribution in [0.5, 0.6) is 0 Å². The Balaban J connectivity index is 4.11. The Kier molecular flexibility index (Phi) is 6.47. The van der Waals surface area contributed by atoms with Gasteiger partial charge in [0.15, 0.2) is 0 Å². The summed E-state index contributed by atoms with van der Waals surface area (Å²) in [6.07, 6.45) is 0. The van der Waals surface area contributed by atoms with E-state index in [1.165, 1.54) is 0 Å². The summed E-state index contributed by atoms with van der Waals surface area (Å²) < 4.78 is 0. The molecule has 0 radical (unpaired) electrons. The Bertz CT molecular complexity index is 349. The molecule has 3 amide bonds. The summed E-state index contributed by atoms with van der Waals surface area (Å²) >= 11 is 0. The van der Waals surface area contributed by atoms with Crippen LogP contribution in [0.15, 0.2) is 0 Å². The Morgan fingerprint density at radius 2 is 1.79 bits per heavy atom. The maximum absolute atomic E-state index is 11.5. The highest BCUT2D eigenvalue weighted by Gasteiger charge is 2.18. The van der Waals surface area contributed by atoms with Crippen molar-refractivity contribution in [1.82, 2.24) is 15.5 Å². The molecule has 0 heterocycles. The number of carbonyl (C=O) groups is 3. The molecule has 0 bridgehead atoms. The molecule has 0 rings (SSSR count). The molecule has 0 aliphatic heterocycles. The van der Waals surface area contributed by atoms with E-state index in [4.69, 9.17) is 5.11 Å². The monoisotopic (exact) mass is 273 g/mol. The molecule has 0 aromatic heterocycles. The minimum Gasteiger partial charge on any atom is -0.481 e. The number of aliphatic carboxylic acids is 1. The van der Waals surface area contributed by atoms with Gasteiger partial charge in [-0.25, -0.2) is 4.79 Å². The summed E-state index contributed by atoms with van der Waals surface area (Å²) in [5, 5.41) is 13.5. The number of imide groups is 1. The third-order valence-corrected chi connectivity index (χ3v) is 2.16. The fourth-order valence-electron chi connectivity index (χ4n) is 1.39. The summed E-state index contributed by atoms with van der Waals surface area (Å²) in [6.45, 7) is 7.18. The first-order valence-corrected chi connectivity index (χ1v) is 6.04. The van der Waals surface area contributed by atoms with Crippen molar-refractivity contribution in [3.05, 3.63) is 0 Å². The second-order valence-corrected chi connectivity index (χ2v) is 5.69. The first-order chi connectivity index (χ1) is 8.51. The predicted molar refractivity (Wildman–Crippen MR) is 70.7 cm³/mol. The molecular formula is C12H23N3O4. The van der Waals surface area contributed by atoms with Gasteiger partial charge in [0, 0.05) is 12.1 Å². The van der Waals surface area contributed by atoms with Gasteiger partial charge in [0.1, 0.15) is 0 Å². The zero-order valence-electron chi connectivity index (χ0n) is 12.1. The number of hydrogen-bond acceptors (Lipinski definition) is 4. The van der Waals surface area contributed by atoms with Crippen LogP contribution in [0.4, 0.5) is 4.79 Å². The largest absolute Gasteiger partial charge is 0.481 e. The second-order valence-electron chi connectivity index (χ2n) is 5.69. The van der Waals surface area contributed by atoms with Gasteiger partial charge in [-0.2, -0.15) is 0 Å². The van der Waals surface area contributed by atoms with Crippen LogP contribution >= 0.6 is 0 Å². The average molecular weight is 273 g/mol. The van der Waals surface area contributed by atoms with Crippen molar-refractivity contribution < 1.29 is 19.5 Å². The zero-order chi connectivity index (χ0) is 15.2. The van der Waals surface area contributed by atoms with Crippen LogP contribution in [0.2, 0.25) is 0 Å². The molecule has 0 spiro atoms. The molecule has 0 saturated heterocycles. The maximum Gasteiger partial charge on any atom is 0.321 e. The van der Waals surface area contributed by atoms with Gasteiger partial charge < -0.3 is 10.4 Å².